The van der Waals surface area contributed by atoms with E-state index in [0.717, 1.165) is 25.3 Å². The smallest absolute Gasteiger partial charge is 0.237 e. The lowest BCUT2D eigenvalue weighted by molar-refractivity contribution is -0.116. The second kappa shape index (κ2) is 8.39. The fourth-order valence-electron chi connectivity index (χ4n) is 1.84. The maximum Gasteiger partial charge on any atom is 0.237 e. The van der Waals surface area contributed by atoms with Gasteiger partial charge in [-0.15, -0.1) is 0 Å². The van der Waals surface area contributed by atoms with Gasteiger partial charge >= 0.3 is 0 Å². The number of aromatic nitrogens is 1. The zero-order valence-electron chi connectivity index (χ0n) is 12.5. The van der Waals surface area contributed by atoms with Crippen LogP contribution in [-0.2, 0) is 4.79 Å². The molecule has 1 rings (SSSR count). The first-order valence-corrected chi connectivity index (χ1v) is 7.12. The van der Waals surface area contributed by atoms with E-state index in [9.17, 15) is 13.6 Å². The molecule has 0 bridgehead atoms. The summed E-state index contributed by atoms with van der Waals surface area (Å²) in [5.74, 6) is -2.20. The molecule has 0 fully saturated rings. The van der Waals surface area contributed by atoms with E-state index >= 15 is 0 Å². The quantitative estimate of drug-likeness (QED) is 0.734. The van der Waals surface area contributed by atoms with Crippen LogP contribution in [0.5, 0.6) is 0 Å². The average molecular weight is 300 g/mol. The summed E-state index contributed by atoms with van der Waals surface area (Å²) >= 11 is 0. The van der Waals surface area contributed by atoms with Crippen molar-refractivity contribution in [3.8, 4) is 0 Å². The van der Waals surface area contributed by atoms with Crippen molar-refractivity contribution in [2.75, 3.05) is 29.9 Å². The van der Waals surface area contributed by atoms with E-state index in [0.29, 0.717) is 13.1 Å². The first-order valence-electron chi connectivity index (χ1n) is 7.12. The number of nitrogens with one attached hydrogen (secondary N) is 1. The summed E-state index contributed by atoms with van der Waals surface area (Å²) in [6.45, 7) is 4.71. The predicted molar refractivity (Wildman–Crippen MR) is 79.2 cm³/mol. The first kappa shape index (κ1) is 17.1. The molecular weight excluding hydrogens is 278 g/mol. The van der Waals surface area contributed by atoms with Crippen LogP contribution in [0.4, 0.5) is 20.4 Å². The normalized spacial score (nSPS) is 10.5. The van der Waals surface area contributed by atoms with Crippen molar-refractivity contribution in [1.29, 1.82) is 0 Å². The minimum Gasteiger partial charge on any atom is -0.368 e. The Hall–Kier alpha value is -1.92. The molecule has 0 aliphatic carbocycles. The van der Waals surface area contributed by atoms with Crippen LogP contribution in [0, 0.1) is 11.6 Å². The minimum atomic E-state index is -0.799. The van der Waals surface area contributed by atoms with Crippen LogP contribution in [0.3, 0.4) is 0 Å². The number of amides is 1. The molecule has 0 saturated heterocycles. The van der Waals surface area contributed by atoms with E-state index in [1.807, 2.05) is 13.8 Å². The Balaban J connectivity index is 3.06. The number of halogens is 2. The number of hydrogen-bond donors (Lipinski definition) is 2. The molecule has 0 atom stereocenters. The Bertz CT molecular complexity index is 482. The van der Waals surface area contributed by atoms with Gasteiger partial charge in [-0.2, -0.15) is 0 Å². The second-order valence-corrected chi connectivity index (χ2v) is 4.79. The molecule has 7 heteroatoms. The van der Waals surface area contributed by atoms with Gasteiger partial charge in [0.1, 0.15) is 0 Å². The summed E-state index contributed by atoms with van der Waals surface area (Å²) < 4.78 is 27.6. The number of primary amides is 1. The first-order chi connectivity index (χ1) is 9.99. The molecule has 0 radical (unpaired) electrons. The van der Waals surface area contributed by atoms with E-state index in [4.69, 9.17) is 5.73 Å². The lowest BCUT2D eigenvalue weighted by Gasteiger charge is -2.23. The Morgan fingerprint density at radius 3 is 2.62 bits per heavy atom. The van der Waals surface area contributed by atoms with Gasteiger partial charge in [0.25, 0.3) is 0 Å². The molecule has 0 spiro atoms. The molecule has 0 aliphatic rings. The Labute approximate surface area is 123 Å². The summed E-state index contributed by atoms with van der Waals surface area (Å²) in [6.07, 6.45) is 2.41. The summed E-state index contributed by atoms with van der Waals surface area (Å²) in [4.78, 5) is 16.5. The second-order valence-electron chi connectivity index (χ2n) is 4.79. The molecule has 1 aromatic rings. The van der Waals surface area contributed by atoms with Gasteiger partial charge in [-0.3, -0.25) is 4.79 Å². The number of rotatable bonds is 9. The highest BCUT2D eigenvalue weighted by atomic mass is 19.1. The van der Waals surface area contributed by atoms with Crippen molar-refractivity contribution < 1.29 is 13.6 Å². The van der Waals surface area contributed by atoms with Gasteiger partial charge in [-0.25, -0.2) is 13.8 Å². The van der Waals surface area contributed by atoms with Gasteiger partial charge in [-0.05, 0) is 12.8 Å². The van der Waals surface area contributed by atoms with Crippen LogP contribution in [0.25, 0.3) is 0 Å². The van der Waals surface area contributed by atoms with Crippen LogP contribution in [0.2, 0.25) is 0 Å². The number of hydrogen-bond acceptors (Lipinski definition) is 4. The molecule has 0 aromatic carbocycles. The highest BCUT2D eigenvalue weighted by molar-refractivity contribution is 5.79. The van der Waals surface area contributed by atoms with Gasteiger partial charge < -0.3 is 16.0 Å². The molecule has 1 amide bonds. The fraction of sp³-hybridized carbons (Fsp3) is 0.571. The number of carbonyl (C=O) groups is 1. The number of unbranched alkanes of at least 4 members (excludes halogenated alkanes) is 1. The van der Waals surface area contributed by atoms with E-state index in [1.54, 1.807) is 0 Å². The highest BCUT2D eigenvalue weighted by Gasteiger charge is 2.18. The topological polar surface area (TPSA) is 71.2 Å². The predicted octanol–water partition coefficient (Wildman–Crippen LogP) is 2.27. The maximum absolute atomic E-state index is 14.0. The molecule has 0 saturated carbocycles. The minimum absolute atomic E-state index is 0.0146. The fourth-order valence-corrected chi connectivity index (χ4v) is 1.84. The molecule has 0 aliphatic heterocycles. The molecule has 3 N–H and O–H groups in total. The van der Waals surface area contributed by atoms with Gasteiger partial charge in [-0.1, -0.05) is 20.3 Å². The largest absolute Gasteiger partial charge is 0.368 e. The van der Waals surface area contributed by atoms with Crippen molar-refractivity contribution in [2.24, 2.45) is 5.73 Å². The van der Waals surface area contributed by atoms with Crippen molar-refractivity contribution in [1.82, 2.24) is 4.98 Å². The monoisotopic (exact) mass is 300 g/mol. The van der Waals surface area contributed by atoms with Crippen LogP contribution in [0.15, 0.2) is 6.07 Å². The molecule has 5 nitrogen and oxygen atoms in total. The third-order valence-electron chi connectivity index (χ3n) is 2.88. The lowest BCUT2D eigenvalue weighted by atomic mass is 10.3. The van der Waals surface area contributed by atoms with E-state index < -0.39 is 17.5 Å². The van der Waals surface area contributed by atoms with Gasteiger partial charge in [0, 0.05) is 19.2 Å². The third kappa shape index (κ3) is 5.17. The van der Waals surface area contributed by atoms with Gasteiger partial charge in [0.2, 0.25) is 5.91 Å². The third-order valence-corrected chi connectivity index (χ3v) is 2.88. The Morgan fingerprint density at radius 1 is 1.33 bits per heavy atom. The number of carbonyl (C=O) groups excluding carboxylic acids is 1. The van der Waals surface area contributed by atoms with E-state index in [2.05, 4.69) is 10.3 Å². The number of anilines is 2. The van der Waals surface area contributed by atoms with Crippen LogP contribution in [0.1, 0.15) is 33.1 Å². The highest BCUT2D eigenvalue weighted by Crippen LogP contribution is 2.22. The van der Waals surface area contributed by atoms with Crippen LogP contribution >= 0.6 is 0 Å². The van der Waals surface area contributed by atoms with E-state index in [-0.39, 0.29) is 18.2 Å². The van der Waals surface area contributed by atoms with E-state index in [1.165, 1.54) is 4.90 Å². The van der Waals surface area contributed by atoms with Crippen molar-refractivity contribution in [3.05, 3.63) is 17.7 Å². The molecule has 21 heavy (non-hydrogen) atoms. The Morgan fingerprint density at radius 2 is 2.05 bits per heavy atom. The zero-order chi connectivity index (χ0) is 15.8. The molecular formula is C14H22F2N4O. The Kier molecular flexibility index (Phi) is 6.84. The zero-order valence-corrected chi connectivity index (χ0v) is 12.5. The van der Waals surface area contributed by atoms with Crippen molar-refractivity contribution >= 4 is 17.5 Å². The number of nitrogens with two attached hydrogens (primary N) is 1. The molecule has 1 aromatic heterocycles. The van der Waals surface area contributed by atoms with Crippen molar-refractivity contribution in [3.63, 3.8) is 0 Å². The lowest BCUT2D eigenvalue weighted by Crippen LogP contribution is -2.36. The number of nitrogens with zero attached hydrogens (tertiary/aromatic N) is 2. The standard InChI is InChI=1S/C14H22F2N4O/c1-3-5-7-20(9-12(17)21)14-11(16)8-10(15)13(19-14)18-6-4-2/h8H,3-7,9H2,1-2H3,(H2,17,21)(H,18,19). The SMILES string of the molecule is CCCCN(CC(N)=O)c1nc(NCCC)c(F)cc1F. The van der Waals surface area contributed by atoms with Crippen LogP contribution in [-0.4, -0.2) is 30.5 Å². The summed E-state index contributed by atoms with van der Waals surface area (Å²) in [6, 6.07) is 0.778. The summed E-state index contributed by atoms with van der Waals surface area (Å²) in [5, 5.41) is 2.80. The van der Waals surface area contributed by atoms with Crippen LogP contribution < -0.4 is 16.0 Å². The molecule has 118 valence electrons. The average Bonchev–Trinajstić information content (AvgIpc) is 2.42. The summed E-state index contributed by atoms with van der Waals surface area (Å²) in [7, 11) is 0. The van der Waals surface area contributed by atoms with Crippen molar-refractivity contribution in [2.45, 2.75) is 33.1 Å². The number of pyridine rings is 1. The van der Waals surface area contributed by atoms with Gasteiger partial charge in [0.15, 0.2) is 23.3 Å². The molecule has 1 heterocycles. The van der Waals surface area contributed by atoms with Gasteiger partial charge in [0.05, 0.1) is 6.54 Å². The summed E-state index contributed by atoms with van der Waals surface area (Å²) in [5.41, 5.74) is 5.18. The maximum atomic E-state index is 14.0. The molecule has 0 unspecified atom stereocenters.